The van der Waals surface area contributed by atoms with Crippen LogP contribution in [0.4, 0.5) is 19.0 Å². The van der Waals surface area contributed by atoms with Gasteiger partial charge in [0.05, 0.1) is 11.3 Å². The summed E-state index contributed by atoms with van der Waals surface area (Å²) in [5.74, 6) is 5.75. The van der Waals surface area contributed by atoms with E-state index >= 15 is 0 Å². The summed E-state index contributed by atoms with van der Waals surface area (Å²) in [7, 11) is 3.80. The van der Waals surface area contributed by atoms with E-state index in [-0.39, 0.29) is 17.3 Å². The molecule has 0 unspecified atom stereocenters. The summed E-state index contributed by atoms with van der Waals surface area (Å²) in [6, 6.07) is 1.11. The summed E-state index contributed by atoms with van der Waals surface area (Å²) in [4.78, 5) is 7.90. The number of hydrazone groups is 1. The first-order chi connectivity index (χ1) is 14.1. The molecule has 1 rings (SSSR count). The van der Waals surface area contributed by atoms with Crippen LogP contribution in [0, 0.1) is 5.92 Å². The van der Waals surface area contributed by atoms with E-state index in [1.807, 2.05) is 52.8 Å². The van der Waals surface area contributed by atoms with Crippen molar-refractivity contribution < 1.29 is 13.2 Å². The third-order valence-corrected chi connectivity index (χ3v) is 4.68. The topological polar surface area (TPSA) is 69.8 Å². The van der Waals surface area contributed by atoms with Crippen LogP contribution in [0.3, 0.4) is 0 Å². The number of rotatable bonds is 11. The van der Waals surface area contributed by atoms with E-state index in [4.69, 9.17) is 5.84 Å². The lowest BCUT2D eigenvalue weighted by Crippen LogP contribution is -2.32. The Bertz CT molecular complexity index is 728. The maximum absolute atomic E-state index is 13.9. The van der Waals surface area contributed by atoms with E-state index in [0.29, 0.717) is 25.3 Å². The number of allylic oxidation sites excluding steroid dienone is 1. The highest BCUT2D eigenvalue weighted by Gasteiger charge is 2.36. The number of aromatic nitrogens is 1. The second-order valence-electron chi connectivity index (χ2n) is 7.66. The number of nitrogens with one attached hydrogen (secondary N) is 1. The first-order valence-corrected chi connectivity index (χ1v) is 10.2. The van der Waals surface area contributed by atoms with Crippen LogP contribution in [0.1, 0.15) is 38.8 Å². The van der Waals surface area contributed by atoms with Gasteiger partial charge in [-0.05, 0) is 45.5 Å². The molecule has 0 aliphatic heterocycles. The molecule has 3 N–H and O–H groups in total. The number of halogens is 3. The fourth-order valence-electron chi connectivity index (χ4n) is 3.17. The third-order valence-electron chi connectivity index (χ3n) is 4.68. The van der Waals surface area contributed by atoms with Gasteiger partial charge in [0, 0.05) is 44.5 Å². The summed E-state index contributed by atoms with van der Waals surface area (Å²) in [5.41, 5.74) is 0.533. The van der Waals surface area contributed by atoms with Crippen LogP contribution in [0.5, 0.6) is 0 Å². The summed E-state index contributed by atoms with van der Waals surface area (Å²) >= 11 is 0. The van der Waals surface area contributed by atoms with E-state index in [0.717, 1.165) is 24.7 Å². The average Bonchev–Trinajstić information content (AvgIpc) is 2.69. The van der Waals surface area contributed by atoms with Crippen molar-refractivity contribution in [3.8, 4) is 0 Å². The predicted molar refractivity (Wildman–Crippen MR) is 118 cm³/mol. The second kappa shape index (κ2) is 11.9. The smallest absolute Gasteiger partial charge is 0.356 e. The van der Waals surface area contributed by atoms with E-state index in [1.54, 1.807) is 4.90 Å². The Labute approximate surface area is 178 Å². The first kappa shape index (κ1) is 25.9. The molecule has 0 spiro atoms. The molecule has 0 aromatic carbocycles. The molecule has 9 heteroatoms. The molecule has 1 heterocycles. The largest absolute Gasteiger partial charge is 0.419 e. The van der Waals surface area contributed by atoms with Crippen molar-refractivity contribution in [3.05, 3.63) is 35.0 Å². The number of hydrogen-bond donors (Lipinski definition) is 2. The molecule has 0 radical (unpaired) electrons. The molecule has 0 saturated heterocycles. The van der Waals surface area contributed by atoms with Gasteiger partial charge in [0.2, 0.25) is 0 Å². The Kier molecular flexibility index (Phi) is 10.3. The molecule has 30 heavy (non-hydrogen) atoms. The number of likely N-dealkylation sites (N-methyl/N-ethyl adjacent to an activating group) is 2. The standard InChI is InChI=1S/C21H35F3N6/c1-7-16(14-29(6)10-9-26-5)19(28-25)17-11-18(21(22,23)24)20(27-12-17)30(8-2)13-15(3)4/h7,11-12,15,26H,8-10,13-14,25H2,1-6H3/b16-7-,28-19+. The van der Waals surface area contributed by atoms with Crippen LogP contribution in [-0.4, -0.2) is 62.4 Å². The highest BCUT2D eigenvalue weighted by atomic mass is 19.4. The zero-order chi connectivity index (χ0) is 22.9. The van der Waals surface area contributed by atoms with Gasteiger partial charge in [0.1, 0.15) is 5.82 Å². The summed E-state index contributed by atoms with van der Waals surface area (Å²) < 4.78 is 41.7. The minimum absolute atomic E-state index is 0.0630. The van der Waals surface area contributed by atoms with Crippen molar-refractivity contribution in [1.29, 1.82) is 0 Å². The van der Waals surface area contributed by atoms with Crippen LogP contribution in [-0.2, 0) is 6.18 Å². The average molecular weight is 429 g/mol. The highest BCUT2D eigenvalue weighted by molar-refractivity contribution is 6.12. The molecular weight excluding hydrogens is 393 g/mol. The Balaban J connectivity index is 3.36. The van der Waals surface area contributed by atoms with Gasteiger partial charge in [-0.25, -0.2) is 4.98 Å². The van der Waals surface area contributed by atoms with Gasteiger partial charge in [-0.1, -0.05) is 19.9 Å². The van der Waals surface area contributed by atoms with Crippen molar-refractivity contribution in [2.75, 3.05) is 51.7 Å². The van der Waals surface area contributed by atoms with Gasteiger partial charge in [0.15, 0.2) is 0 Å². The number of nitrogens with two attached hydrogens (primary N) is 1. The number of nitrogens with zero attached hydrogens (tertiary/aromatic N) is 4. The molecule has 0 aliphatic rings. The Morgan fingerprint density at radius 2 is 2.03 bits per heavy atom. The number of pyridine rings is 1. The quantitative estimate of drug-likeness (QED) is 0.321. The fraction of sp³-hybridized carbons (Fsp3) is 0.619. The van der Waals surface area contributed by atoms with Crippen LogP contribution < -0.4 is 16.1 Å². The van der Waals surface area contributed by atoms with Gasteiger partial charge >= 0.3 is 6.18 Å². The molecule has 0 atom stereocenters. The monoisotopic (exact) mass is 428 g/mol. The first-order valence-electron chi connectivity index (χ1n) is 10.2. The van der Waals surface area contributed by atoms with Gasteiger partial charge in [-0.15, -0.1) is 0 Å². The molecule has 0 saturated carbocycles. The zero-order valence-electron chi connectivity index (χ0n) is 18.8. The molecule has 1 aromatic rings. The van der Waals surface area contributed by atoms with Gasteiger partial charge in [-0.3, -0.25) is 0 Å². The Morgan fingerprint density at radius 3 is 2.50 bits per heavy atom. The molecule has 0 fully saturated rings. The summed E-state index contributed by atoms with van der Waals surface area (Å²) in [5, 5.41) is 6.88. The van der Waals surface area contributed by atoms with Crippen molar-refractivity contribution in [2.45, 2.75) is 33.9 Å². The normalized spacial score (nSPS) is 13.4. The molecule has 6 nitrogen and oxygen atoms in total. The predicted octanol–water partition coefficient (Wildman–Crippen LogP) is 3.34. The highest BCUT2D eigenvalue weighted by Crippen LogP contribution is 2.36. The molecule has 0 bridgehead atoms. The van der Waals surface area contributed by atoms with Gasteiger partial charge < -0.3 is 21.0 Å². The van der Waals surface area contributed by atoms with Crippen molar-refractivity contribution in [1.82, 2.24) is 15.2 Å². The Hall–Kier alpha value is -2.13. The molecular formula is C21H35F3N6. The Morgan fingerprint density at radius 1 is 1.37 bits per heavy atom. The minimum atomic E-state index is -4.54. The SMILES string of the molecule is C/C=C(CN(C)CCNC)\C(=N/N)c1cnc(N(CC)CC(C)C)c(C(F)(F)F)c1. The number of alkyl halides is 3. The fourth-order valence-corrected chi connectivity index (χ4v) is 3.17. The van der Waals surface area contributed by atoms with Crippen LogP contribution in [0.15, 0.2) is 29.0 Å². The molecule has 1 aromatic heterocycles. The number of hydrogen-bond acceptors (Lipinski definition) is 6. The van der Waals surface area contributed by atoms with Crippen molar-refractivity contribution >= 4 is 11.5 Å². The lowest BCUT2D eigenvalue weighted by atomic mass is 10.0. The van der Waals surface area contributed by atoms with Gasteiger partial charge in [-0.2, -0.15) is 18.3 Å². The van der Waals surface area contributed by atoms with Crippen LogP contribution in [0.25, 0.3) is 0 Å². The lowest BCUT2D eigenvalue weighted by molar-refractivity contribution is -0.137. The maximum Gasteiger partial charge on any atom is 0.419 e. The minimum Gasteiger partial charge on any atom is -0.356 e. The van der Waals surface area contributed by atoms with Crippen molar-refractivity contribution in [3.63, 3.8) is 0 Å². The van der Waals surface area contributed by atoms with Gasteiger partial charge in [0.25, 0.3) is 0 Å². The summed E-state index contributed by atoms with van der Waals surface area (Å²) in [6.45, 7) is 10.6. The van der Waals surface area contributed by atoms with E-state index < -0.39 is 11.7 Å². The van der Waals surface area contributed by atoms with E-state index in [1.165, 1.54) is 6.20 Å². The zero-order valence-corrected chi connectivity index (χ0v) is 18.8. The third kappa shape index (κ3) is 7.28. The molecule has 0 amide bonds. The van der Waals surface area contributed by atoms with Crippen LogP contribution >= 0.6 is 0 Å². The van der Waals surface area contributed by atoms with E-state index in [2.05, 4.69) is 15.4 Å². The summed E-state index contributed by atoms with van der Waals surface area (Å²) in [6.07, 6.45) is -1.29. The van der Waals surface area contributed by atoms with E-state index in [9.17, 15) is 13.2 Å². The molecule has 0 aliphatic carbocycles. The number of anilines is 1. The van der Waals surface area contributed by atoms with Crippen LogP contribution in [0.2, 0.25) is 0 Å². The maximum atomic E-state index is 13.9. The lowest BCUT2D eigenvalue weighted by Gasteiger charge is -2.27. The van der Waals surface area contributed by atoms with Crippen molar-refractivity contribution in [2.24, 2.45) is 16.9 Å². The molecule has 170 valence electrons. The second-order valence-corrected chi connectivity index (χ2v) is 7.66.